The van der Waals surface area contributed by atoms with Crippen LogP contribution in [-0.2, 0) is 0 Å². The van der Waals surface area contributed by atoms with Crippen LogP contribution in [0.3, 0.4) is 0 Å². The Balaban J connectivity index is 1.45. The first-order valence-electron chi connectivity index (χ1n) is 8.81. The molecule has 130 valence electrons. The number of hydrazine groups is 1. The van der Waals surface area contributed by atoms with Crippen LogP contribution >= 0.6 is 0 Å². The third-order valence-corrected chi connectivity index (χ3v) is 4.92. The summed E-state index contributed by atoms with van der Waals surface area (Å²) in [6, 6.07) is 20.4. The van der Waals surface area contributed by atoms with Crippen molar-refractivity contribution in [2.45, 2.75) is 24.8 Å². The average molecular weight is 345 g/mol. The molecule has 0 radical (unpaired) electrons. The molecule has 1 fully saturated rings. The molecule has 0 aliphatic carbocycles. The van der Waals surface area contributed by atoms with Gasteiger partial charge >= 0.3 is 0 Å². The van der Waals surface area contributed by atoms with Crippen LogP contribution in [0.1, 0.15) is 18.0 Å². The molecule has 2 aromatic carbocycles. The summed E-state index contributed by atoms with van der Waals surface area (Å²) in [6.45, 7) is 0. The molecule has 0 saturated carbocycles. The van der Waals surface area contributed by atoms with Gasteiger partial charge in [-0.25, -0.2) is 10.9 Å². The molecule has 3 aromatic rings. The predicted molar refractivity (Wildman–Crippen MR) is 98.6 cm³/mol. The monoisotopic (exact) mass is 345 g/mol. The van der Waals surface area contributed by atoms with E-state index in [4.69, 9.17) is 9.47 Å². The first-order valence-corrected chi connectivity index (χ1v) is 8.81. The van der Waals surface area contributed by atoms with E-state index in [1.807, 2.05) is 60.9 Å². The first-order chi connectivity index (χ1) is 12.9. The van der Waals surface area contributed by atoms with Gasteiger partial charge in [0.2, 0.25) is 0 Å². The minimum atomic E-state index is -0.417. The molecule has 2 atom stereocenters. The topological polar surface area (TPSA) is 55.4 Å². The molecule has 26 heavy (non-hydrogen) atoms. The van der Waals surface area contributed by atoms with Crippen molar-refractivity contribution < 1.29 is 9.47 Å². The zero-order chi connectivity index (χ0) is 17.3. The van der Waals surface area contributed by atoms with Crippen LogP contribution in [0.2, 0.25) is 0 Å². The summed E-state index contributed by atoms with van der Waals surface area (Å²) in [5.41, 5.74) is 10.0. The number of hydrogen-bond donors (Lipinski definition) is 2. The highest BCUT2D eigenvalue weighted by Gasteiger charge is 2.36. The molecule has 5 rings (SSSR count). The highest BCUT2D eigenvalue weighted by molar-refractivity contribution is 5.76. The van der Waals surface area contributed by atoms with Crippen molar-refractivity contribution in [2.75, 3.05) is 0 Å². The average Bonchev–Trinajstić information content (AvgIpc) is 3.13. The summed E-state index contributed by atoms with van der Waals surface area (Å²) in [5, 5.41) is 0. The van der Waals surface area contributed by atoms with Gasteiger partial charge in [0.05, 0.1) is 6.04 Å². The van der Waals surface area contributed by atoms with Crippen molar-refractivity contribution in [1.82, 2.24) is 15.8 Å². The fraction of sp³-hybridized carbons (Fsp3) is 0.190. The van der Waals surface area contributed by atoms with Gasteiger partial charge in [-0.05, 0) is 36.2 Å². The maximum Gasteiger partial charge on any atom is 0.257 e. The second-order valence-electron chi connectivity index (χ2n) is 6.56. The van der Waals surface area contributed by atoms with Gasteiger partial charge < -0.3 is 9.47 Å². The van der Waals surface area contributed by atoms with Crippen LogP contribution in [0, 0.1) is 0 Å². The van der Waals surface area contributed by atoms with Crippen LogP contribution in [0.15, 0.2) is 73.1 Å². The Bertz CT molecular complexity index is 868. The number of nitrogens with one attached hydrogen (secondary N) is 2. The fourth-order valence-electron chi connectivity index (χ4n) is 3.60. The van der Waals surface area contributed by atoms with Gasteiger partial charge in [0, 0.05) is 29.6 Å². The molecule has 0 amide bonds. The Morgan fingerprint density at radius 1 is 0.769 bits per heavy atom. The quantitative estimate of drug-likeness (QED) is 0.745. The third-order valence-electron chi connectivity index (χ3n) is 4.92. The van der Waals surface area contributed by atoms with Gasteiger partial charge in [0.1, 0.15) is 11.5 Å². The minimum absolute atomic E-state index is 0.0207. The van der Waals surface area contributed by atoms with E-state index in [9.17, 15) is 0 Å². The van der Waals surface area contributed by atoms with E-state index in [1.165, 1.54) is 5.56 Å². The lowest BCUT2D eigenvalue weighted by molar-refractivity contribution is -0.0175. The highest BCUT2D eigenvalue weighted by atomic mass is 16.7. The van der Waals surface area contributed by atoms with Crippen molar-refractivity contribution in [1.29, 1.82) is 0 Å². The first kappa shape index (κ1) is 15.4. The molecule has 0 spiro atoms. The number of ether oxygens (including phenoxy) is 2. The molecule has 1 saturated heterocycles. The van der Waals surface area contributed by atoms with Crippen LogP contribution in [0.5, 0.6) is 11.5 Å². The maximum absolute atomic E-state index is 6.27. The lowest BCUT2D eigenvalue weighted by Crippen LogP contribution is -2.45. The molecule has 1 aromatic heterocycles. The molecule has 3 heterocycles. The normalized spacial score (nSPS) is 21.8. The van der Waals surface area contributed by atoms with Gasteiger partial charge in [-0.3, -0.25) is 4.98 Å². The van der Waals surface area contributed by atoms with E-state index in [1.54, 1.807) is 0 Å². The molecule has 5 nitrogen and oxygen atoms in total. The van der Waals surface area contributed by atoms with E-state index in [0.717, 1.165) is 29.0 Å². The second-order valence-corrected chi connectivity index (χ2v) is 6.56. The van der Waals surface area contributed by atoms with Gasteiger partial charge in [0.15, 0.2) is 0 Å². The van der Waals surface area contributed by atoms with Crippen molar-refractivity contribution in [2.24, 2.45) is 0 Å². The van der Waals surface area contributed by atoms with E-state index in [-0.39, 0.29) is 12.1 Å². The van der Waals surface area contributed by atoms with Crippen molar-refractivity contribution in [3.8, 4) is 22.6 Å². The van der Waals surface area contributed by atoms with Crippen LogP contribution < -0.4 is 20.3 Å². The lowest BCUT2D eigenvalue weighted by Gasteiger charge is -2.23. The lowest BCUT2D eigenvalue weighted by atomic mass is 10.0. The molecular formula is C21H19N3O2. The summed E-state index contributed by atoms with van der Waals surface area (Å²) in [6.07, 6.45) is 4.07. The number of para-hydroxylation sites is 2. The van der Waals surface area contributed by atoms with E-state index in [0.29, 0.717) is 0 Å². The second kappa shape index (κ2) is 6.44. The van der Waals surface area contributed by atoms with Crippen molar-refractivity contribution in [3.63, 3.8) is 0 Å². The molecule has 5 heteroatoms. The zero-order valence-electron chi connectivity index (χ0n) is 14.1. The van der Waals surface area contributed by atoms with E-state index in [2.05, 4.69) is 28.0 Å². The Morgan fingerprint density at radius 2 is 1.38 bits per heavy atom. The van der Waals surface area contributed by atoms with E-state index >= 15 is 0 Å². The minimum Gasteiger partial charge on any atom is -0.452 e. The number of aromatic nitrogens is 1. The van der Waals surface area contributed by atoms with Crippen LogP contribution in [0.25, 0.3) is 11.1 Å². The molecular weight excluding hydrogens is 326 g/mol. The Hall–Kier alpha value is -2.89. The van der Waals surface area contributed by atoms with Gasteiger partial charge in [0.25, 0.3) is 6.29 Å². The Morgan fingerprint density at radius 3 is 2.04 bits per heavy atom. The highest BCUT2D eigenvalue weighted by Crippen LogP contribution is 2.40. The summed E-state index contributed by atoms with van der Waals surface area (Å²) in [5.74, 6) is 1.69. The van der Waals surface area contributed by atoms with E-state index < -0.39 is 6.29 Å². The van der Waals surface area contributed by atoms with Crippen molar-refractivity contribution in [3.05, 3.63) is 78.6 Å². The van der Waals surface area contributed by atoms with Crippen LogP contribution in [-0.4, -0.2) is 17.3 Å². The molecule has 2 aliphatic rings. The summed E-state index contributed by atoms with van der Waals surface area (Å²) < 4.78 is 12.5. The molecule has 2 unspecified atom stereocenters. The van der Waals surface area contributed by atoms with Gasteiger partial charge in [-0.2, -0.15) is 0 Å². The van der Waals surface area contributed by atoms with Crippen LogP contribution in [0.4, 0.5) is 0 Å². The number of fused-ring (bicyclic) bond motifs is 3. The number of rotatable bonds is 2. The zero-order valence-corrected chi connectivity index (χ0v) is 14.1. The summed E-state index contributed by atoms with van der Waals surface area (Å²) in [4.78, 5) is 4.09. The van der Waals surface area contributed by atoms with Gasteiger partial charge in [-0.1, -0.05) is 36.4 Å². The fourth-order valence-corrected chi connectivity index (χ4v) is 3.60. The molecule has 2 aliphatic heterocycles. The SMILES string of the molecule is c1ccc2c(c1)OC(C1CC(c3ccncc3)NN1)Oc1ccccc1-2. The molecule has 2 N–H and O–H groups in total. The Kier molecular flexibility index (Phi) is 3.81. The van der Waals surface area contributed by atoms with Gasteiger partial charge in [-0.15, -0.1) is 0 Å². The Labute approximate surface area is 152 Å². The standard InChI is InChI=1S/C21H19N3O2/c1-3-7-19-15(5-1)16-6-2-4-8-20(16)26-21(25-19)18-13-17(23-24-18)14-9-11-22-12-10-14/h1-12,17-18,21,23-24H,13H2. The summed E-state index contributed by atoms with van der Waals surface area (Å²) >= 11 is 0. The molecule has 0 bridgehead atoms. The van der Waals surface area contributed by atoms with Crippen molar-refractivity contribution >= 4 is 0 Å². The maximum atomic E-state index is 6.27. The number of nitrogens with zero attached hydrogens (tertiary/aromatic N) is 1. The predicted octanol–water partition coefficient (Wildman–Crippen LogP) is 3.45. The number of hydrogen-bond acceptors (Lipinski definition) is 5. The third kappa shape index (κ3) is 2.71. The number of benzene rings is 2. The number of pyridine rings is 1. The smallest absolute Gasteiger partial charge is 0.257 e. The largest absolute Gasteiger partial charge is 0.452 e. The summed E-state index contributed by atoms with van der Waals surface area (Å²) in [7, 11) is 0.